The van der Waals surface area contributed by atoms with Crippen molar-refractivity contribution in [3.63, 3.8) is 0 Å². The summed E-state index contributed by atoms with van der Waals surface area (Å²) in [6.07, 6.45) is 1.14. The van der Waals surface area contributed by atoms with Crippen LogP contribution < -0.4 is 0 Å². The van der Waals surface area contributed by atoms with Gasteiger partial charge in [-0.2, -0.15) is 0 Å². The van der Waals surface area contributed by atoms with E-state index >= 15 is 0 Å². The SMILES string of the molecule is COC(=O)c1cccc2[nH]c(C(C)S(C)(=O)=O)nc12. The Morgan fingerprint density at radius 1 is 1.42 bits per heavy atom. The number of hydrogen-bond donors (Lipinski definition) is 1. The van der Waals surface area contributed by atoms with Crippen molar-refractivity contribution in [2.45, 2.75) is 12.2 Å². The van der Waals surface area contributed by atoms with Gasteiger partial charge in [0.05, 0.1) is 18.2 Å². The maximum atomic E-state index is 11.6. The number of imidazole rings is 1. The molecular weight excluding hydrogens is 268 g/mol. The molecule has 1 aromatic heterocycles. The number of methoxy groups -OCH3 is 1. The molecule has 0 spiro atoms. The van der Waals surface area contributed by atoms with Crippen molar-refractivity contribution < 1.29 is 17.9 Å². The second-order valence-corrected chi connectivity index (χ2v) is 6.65. The number of nitrogens with one attached hydrogen (secondary N) is 1. The predicted molar refractivity (Wildman–Crippen MR) is 70.7 cm³/mol. The lowest BCUT2D eigenvalue weighted by Gasteiger charge is -2.04. The summed E-state index contributed by atoms with van der Waals surface area (Å²) in [4.78, 5) is 18.7. The van der Waals surface area contributed by atoms with Crippen LogP contribution in [-0.4, -0.2) is 37.7 Å². The van der Waals surface area contributed by atoms with Gasteiger partial charge in [-0.25, -0.2) is 18.2 Å². The van der Waals surface area contributed by atoms with Gasteiger partial charge in [0.1, 0.15) is 16.6 Å². The third-order valence-corrected chi connectivity index (χ3v) is 4.47. The molecule has 0 aliphatic carbocycles. The van der Waals surface area contributed by atoms with E-state index in [1.54, 1.807) is 25.1 Å². The zero-order valence-electron chi connectivity index (χ0n) is 10.8. The summed E-state index contributed by atoms with van der Waals surface area (Å²) in [6, 6.07) is 5.00. The zero-order chi connectivity index (χ0) is 14.2. The van der Waals surface area contributed by atoms with Gasteiger partial charge in [-0.05, 0) is 19.1 Å². The fourth-order valence-electron chi connectivity index (χ4n) is 1.72. The lowest BCUT2D eigenvalue weighted by Crippen LogP contribution is -2.09. The average molecular weight is 282 g/mol. The van der Waals surface area contributed by atoms with E-state index in [4.69, 9.17) is 0 Å². The van der Waals surface area contributed by atoms with Gasteiger partial charge in [0.15, 0.2) is 9.84 Å². The maximum absolute atomic E-state index is 11.6. The summed E-state index contributed by atoms with van der Waals surface area (Å²) in [7, 11) is -1.97. The van der Waals surface area contributed by atoms with Crippen LogP contribution in [0.2, 0.25) is 0 Å². The first-order valence-electron chi connectivity index (χ1n) is 5.60. The molecule has 2 aromatic rings. The van der Waals surface area contributed by atoms with Crippen molar-refractivity contribution in [1.29, 1.82) is 0 Å². The number of carbonyl (C=O) groups excluding carboxylic acids is 1. The molecule has 0 fully saturated rings. The fraction of sp³-hybridized carbons (Fsp3) is 0.333. The van der Waals surface area contributed by atoms with Crippen LogP contribution in [0.1, 0.15) is 28.4 Å². The van der Waals surface area contributed by atoms with Crippen LogP contribution >= 0.6 is 0 Å². The molecule has 0 saturated heterocycles. The van der Waals surface area contributed by atoms with Crippen LogP contribution in [0.25, 0.3) is 11.0 Å². The van der Waals surface area contributed by atoms with Crippen LogP contribution in [0.15, 0.2) is 18.2 Å². The summed E-state index contributed by atoms with van der Waals surface area (Å²) >= 11 is 0. The summed E-state index contributed by atoms with van der Waals surface area (Å²) in [5.41, 5.74) is 1.33. The third kappa shape index (κ3) is 2.46. The lowest BCUT2D eigenvalue weighted by molar-refractivity contribution is 0.0603. The van der Waals surface area contributed by atoms with Gasteiger partial charge in [-0.1, -0.05) is 6.07 Å². The van der Waals surface area contributed by atoms with Crippen molar-refractivity contribution in [2.75, 3.05) is 13.4 Å². The number of nitrogens with zero attached hydrogens (tertiary/aromatic N) is 1. The molecule has 7 heteroatoms. The van der Waals surface area contributed by atoms with Crippen LogP contribution in [0.3, 0.4) is 0 Å². The van der Waals surface area contributed by atoms with Crippen molar-refractivity contribution in [3.8, 4) is 0 Å². The van der Waals surface area contributed by atoms with Crippen LogP contribution in [0.5, 0.6) is 0 Å². The summed E-state index contributed by atoms with van der Waals surface area (Å²) in [6.45, 7) is 1.55. The standard InChI is InChI=1S/C12H14N2O4S/c1-7(19(3,16)17)11-13-9-6-4-5-8(10(9)14-11)12(15)18-2/h4-7H,1-3H3,(H,13,14). The van der Waals surface area contributed by atoms with Crippen molar-refractivity contribution in [2.24, 2.45) is 0 Å². The van der Waals surface area contributed by atoms with E-state index in [1.807, 2.05) is 0 Å². The number of hydrogen-bond acceptors (Lipinski definition) is 5. The molecular formula is C12H14N2O4S. The quantitative estimate of drug-likeness (QED) is 0.861. The van der Waals surface area contributed by atoms with Crippen molar-refractivity contribution in [3.05, 3.63) is 29.6 Å². The molecule has 19 heavy (non-hydrogen) atoms. The number of esters is 1. The lowest BCUT2D eigenvalue weighted by atomic mass is 10.2. The smallest absolute Gasteiger partial charge is 0.340 e. The number of carbonyl (C=O) groups is 1. The van der Waals surface area contributed by atoms with Gasteiger partial charge < -0.3 is 9.72 Å². The van der Waals surface area contributed by atoms with Gasteiger partial charge in [-0.15, -0.1) is 0 Å². The Morgan fingerprint density at radius 2 is 2.11 bits per heavy atom. The van der Waals surface area contributed by atoms with Crippen LogP contribution in [0.4, 0.5) is 0 Å². The molecule has 1 heterocycles. The topological polar surface area (TPSA) is 89.1 Å². The van der Waals surface area contributed by atoms with E-state index in [9.17, 15) is 13.2 Å². The maximum Gasteiger partial charge on any atom is 0.340 e. The Labute approximate surface area is 110 Å². The molecule has 1 atom stereocenters. The first-order chi connectivity index (χ1) is 8.84. The number of sulfone groups is 1. The van der Waals surface area contributed by atoms with E-state index < -0.39 is 21.1 Å². The summed E-state index contributed by atoms with van der Waals surface area (Å²) < 4.78 is 27.7. The number of aromatic amines is 1. The van der Waals surface area contributed by atoms with Crippen LogP contribution in [0, 0.1) is 0 Å². The highest BCUT2D eigenvalue weighted by atomic mass is 32.2. The second-order valence-electron chi connectivity index (χ2n) is 4.29. The minimum atomic E-state index is -3.25. The zero-order valence-corrected chi connectivity index (χ0v) is 11.6. The molecule has 0 aliphatic heterocycles. The Bertz CT molecular complexity index is 733. The Hall–Kier alpha value is -1.89. The monoisotopic (exact) mass is 282 g/mol. The summed E-state index contributed by atoms with van der Waals surface area (Å²) in [5, 5.41) is -0.759. The molecule has 1 unspecified atom stereocenters. The highest BCUT2D eigenvalue weighted by Gasteiger charge is 2.22. The Morgan fingerprint density at radius 3 is 2.68 bits per heavy atom. The number of H-pyrrole nitrogens is 1. The van der Waals surface area contributed by atoms with Crippen molar-refractivity contribution in [1.82, 2.24) is 9.97 Å². The van der Waals surface area contributed by atoms with E-state index in [2.05, 4.69) is 14.7 Å². The molecule has 1 N–H and O–H groups in total. The van der Waals surface area contributed by atoms with Gasteiger partial charge in [-0.3, -0.25) is 0 Å². The second kappa shape index (κ2) is 4.65. The number of rotatable bonds is 3. The Balaban J connectivity index is 2.61. The number of para-hydroxylation sites is 1. The Kier molecular flexibility index (Phi) is 3.32. The van der Waals surface area contributed by atoms with E-state index in [0.29, 0.717) is 22.4 Å². The van der Waals surface area contributed by atoms with E-state index in [1.165, 1.54) is 7.11 Å². The van der Waals surface area contributed by atoms with Crippen molar-refractivity contribution >= 4 is 26.8 Å². The molecule has 102 valence electrons. The molecule has 2 rings (SSSR count). The van der Waals surface area contributed by atoms with Gasteiger partial charge in [0.25, 0.3) is 0 Å². The first kappa shape index (κ1) is 13.5. The molecule has 0 saturated carbocycles. The summed E-state index contributed by atoms with van der Waals surface area (Å²) in [5.74, 6) is -0.190. The van der Waals surface area contributed by atoms with E-state index in [-0.39, 0.29) is 0 Å². The van der Waals surface area contributed by atoms with Gasteiger partial charge >= 0.3 is 5.97 Å². The average Bonchev–Trinajstić information content (AvgIpc) is 2.78. The van der Waals surface area contributed by atoms with Gasteiger partial charge in [0.2, 0.25) is 0 Å². The minimum absolute atomic E-state index is 0.309. The molecule has 6 nitrogen and oxygen atoms in total. The third-order valence-electron chi connectivity index (χ3n) is 2.96. The fourth-order valence-corrected chi connectivity index (χ4v) is 2.24. The molecule has 1 aromatic carbocycles. The molecule has 0 aliphatic rings. The number of fused-ring (bicyclic) bond motifs is 1. The normalized spacial score (nSPS) is 13.4. The largest absolute Gasteiger partial charge is 0.465 e. The highest BCUT2D eigenvalue weighted by molar-refractivity contribution is 7.90. The molecule has 0 amide bonds. The predicted octanol–water partition coefficient (Wildman–Crippen LogP) is 1.46. The number of ether oxygens (including phenoxy) is 1. The number of benzene rings is 1. The first-order valence-corrected chi connectivity index (χ1v) is 7.56. The minimum Gasteiger partial charge on any atom is -0.465 e. The van der Waals surface area contributed by atoms with Gasteiger partial charge in [0, 0.05) is 6.26 Å². The molecule has 0 bridgehead atoms. The molecule has 0 radical (unpaired) electrons. The highest BCUT2D eigenvalue weighted by Crippen LogP contribution is 2.23. The van der Waals surface area contributed by atoms with Crippen LogP contribution in [-0.2, 0) is 14.6 Å². The number of aromatic nitrogens is 2. The van der Waals surface area contributed by atoms with E-state index in [0.717, 1.165) is 6.26 Å².